The maximum absolute atomic E-state index is 14.3. The van der Waals surface area contributed by atoms with Crippen LogP contribution in [0.15, 0.2) is 48.5 Å². The minimum Gasteiger partial charge on any atom is -0.508 e. The summed E-state index contributed by atoms with van der Waals surface area (Å²) >= 11 is 0. The highest BCUT2D eigenvalue weighted by Gasteiger charge is 2.31. The summed E-state index contributed by atoms with van der Waals surface area (Å²) in [5, 5.41) is 9.57. The van der Waals surface area contributed by atoms with Crippen molar-refractivity contribution in [2.24, 2.45) is 5.92 Å². The van der Waals surface area contributed by atoms with Crippen molar-refractivity contribution in [2.45, 2.75) is 31.5 Å². The standard InChI is InChI=1S/C22H28FN3O2/c23-21-6-2-1-4-17(21)13-26(15-20-5-3-11-28-20)14-18-12-24-25-22(18)16-7-9-19(27)10-8-16/h1-2,4,6-10,18,20,22,24-25,27H,3,5,11-15H2. The minimum absolute atomic E-state index is 0.146. The average Bonchev–Trinajstić information content (AvgIpc) is 3.36. The maximum Gasteiger partial charge on any atom is 0.127 e. The normalized spacial score (nSPS) is 24.9. The molecule has 2 aliphatic heterocycles. The summed E-state index contributed by atoms with van der Waals surface area (Å²) in [5.74, 6) is 0.445. The molecule has 0 saturated carbocycles. The Labute approximate surface area is 165 Å². The highest BCUT2D eigenvalue weighted by Crippen LogP contribution is 2.28. The number of phenolic OH excluding ortho intramolecular Hbond substituents is 1. The van der Waals surface area contributed by atoms with Crippen LogP contribution in [0.2, 0.25) is 0 Å². The Morgan fingerprint density at radius 1 is 1.11 bits per heavy atom. The molecule has 2 heterocycles. The fourth-order valence-electron chi connectivity index (χ4n) is 4.22. The molecule has 2 fully saturated rings. The van der Waals surface area contributed by atoms with Gasteiger partial charge in [-0.15, -0.1) is 0 Å². The Morgan fingerprint density at radius 3 is 2.68 bits per heavy atom. The van der Waals surface area contributed by atoms with Gasteiger partial charge in [0.15, 0.2) is 0 Å². The van der Waals surface area contributed by atoms with Crippen molar-refractivity contribution < 1.29 is 14.2 Å². The van der Waals surface area contributed by atoms with Gasteiger partial charge in [-0.2, -0.15) is 0 Å². The number of phenols is 1. The molecule has 2 aliphatic rings. The van der Waals surface area contributed by atoms with Crippen molar-refractivity contribution >= 4 is 0 Å². The molecule has 0 spiro atoms. The molecule has 3 N–H and O–H groups in total. The molecule has 28 heavy (non-hydrogen) atoms. The van der Waals surface area contributed by atoms with Crippen molar-refractivity contribution in [3.05, 3.63) is 65.5 Å². The molecule has 0 aliphatic carbocycles. The molecule has 0 bridgehead atoms. The van der Waals surface area contributed by atoms with E-state index in [0.29, 0.717) is 12.5 Å². The first-order valence-corrected chi connectivity index (χ1v) is 10.0. The maximum atomic E-state index is 14.3. The Morgan fingerprint density at radius 2 is 1.93 bits per heavy atom. The molecule has 4 rings (SSSR count). The molecule has 2 aromatic rings. The van der Waals surface area contributed by atoms with Gasteiger partial charge in [0, 0.05) is 44.3 Å². The summed E-state index contributed by atoms with van der Waals surface area (Å²) in [6.45, 7) is 3.88. The Hall–Kier alpha value is -1.99. The first kappa shape index (κ1) is 19.3. The molecule has 0 aromatic heterocycles. The molecule has 3 unspecified atom stereocenters. The number of nitrogens with one attached hydrogen (secondary N) is 2. The first-order valence-electron chi connectivity index (χ1n) is 10.0. The Kier molecular flexibility index (Phi) is 6.22. The zero-order valence-electron chi connectivity index (χ0n) is 16.0. The molecule has 3 atom stereocenters. The number of halogens is 1. The van der Waals surface area contributed by atoms with Crippen LogP contribution in [0.25, 0.3) is 0 Å². The van der Waals surface area contributed by atoms with Gasteiger partial charge >= 0.3 is 0 Å². The smallest absolute Gasteiger partial charge is 0.127 e. The highest BCUT2D eigenvalue weighted by molar-refractivity contribution is 5.29. The van der Waals surface area contributed by atoms with Gasteiger partial charge in [0.1, 0.15) is 11.6 Å². The van der Waals surface area contributed by atoms with Gasteiger partial charge in [0.05, 0.1) is 12.1 Å². The predicted octanol–water partition coefficient (Wildman–Crippen LogP) is 2.98. The summed E-state index contributed by atoms with van der Waals surface area (Å²) in [4.78, 5) is 2.32. The monoisotopic (exact) mass is 385 g/mol. The van der Waals surface area contributed by atoms with Gasteiger partial charge < -0.3 is 9.84 Å². The predicted molar refractivity (Wildman–Crippen MR) is 106 cm³/mol. The number of rotatable bonds is 7. The molecule has 0 radical (unpaired) electrons. The largest absolute Gasteiger partial charge is 0.508 e. The van der Waals surface area contributed by atoms with E-state index < -0.39 is 0 Å². The Bertz CT molecular complexity index is 765. The van der Waals surface area contributed by atoms with E-state index in [1.165, 1.54) is 6.07 Å². The topological polar surface area (TPSA) is 56.8 Å². The fourth-order valence-corrected chi connectivity index (χ4v) is 4.22. The van der Waals surface area contributed by atoms with Crippen LogP contribution in [-0.4, -0.2) is 42.4 Å². The van der Waals surface area contributed by atoms with Crippen LogP contribution >= 0.6 is 0 Å². The number of benzene rings is 2. The van der Waals surface area contributed by atoms with Crippen molar-refractivity contribution in [1.29, 1.82) is 0 Å². The number of ether oxygens (including phenoxy) is 1. The molecule has 2 aromatic carbocycles. The van der Waals surface area contributed by atoms with E-state index in [9.17, 15) is 9.50 Å². The van der Waals surface area contributed by atoms with Crippen LogP contribution in [0, 0.1) is 11.7 Å². The third-order valence-electron chi connectivity index (χ3n) is 5.68. The third kappa shape index (κ3) is 4.70. The zero-order chi connectivity index (χ0) is 19.3. The van der Waals surface area contributed by atoms with E-state index in [1.54, 1.807) is 18.2 Å². The number of hydrazine groups is 1. The number of aromatic hydroxyl groups is 1. The molecule has 5 nitrogen and oxygen atoms in total. The van der Waals surface area contributed by atoms with Crippen LogP contribution < -0.4 is 10.9 Å². The van der Waals surface area contributed by atoms with Gasteiger partial charge in [-0.25, -0.2) is 9.82 Å². The first-order chi connectivity index (χ1) is 13.7. The van der Waals surface area contributed by atoms with E-state index >= 15 is 0 Å². The summed E-state index contributed by atoms with van der Waals surface area (Å²) in [5.41, 5.74) is 8.48. The lowest BCUT2D eigenvalue weighted by molar-refractivity contribution is 0.0639. The van der Waals surface area contributed by atoms with Gasteiger partial charge in [0.25, 0.3) is 0 Å². The van der Waals surface area contributed by atoms with E-state index in [4.69, 9.17) is 4.74 Å². The van der Waals surface area contributed by atoms with Gasteiger partial charge in [-0.1, -0.05) is 30.3 Å². The number of nitrogens with zero attached hydrogens (tertiary/aromatic N) is 1. The van der Waals surface area contributed by atoms with Crippen LogP contribution in [-0.2, 0) is 11.3 Å². The van der Waals surface area contributed by atoms with E-state index in [1.807, 2.05) is 24.3 Å². The molecular weight excluding hydrogens is 357 g/mol. The van der Waals surface area contributed by atoms with Crippen LogP contribution in [0.5, 0.6) is 5.75 Å². The number of hydrogen-bond donors (Lipinski definition) is 3. The van der Waals surface area contributed by atoms with E-state index in [2.05, 4.69) is 15.8 Å². The quantitative estimate of drug-likeness (QED) is 0.684. The van der Waals surface area contributed by atoms with E-state index in [-0.39, 0.29) is 23.7 Å². The van der Waals surface area contributed by atoms with Crippen LogP contribution in [0.1, 0.15) is 30.0 Å². The molecule has 6 heteroatoms. The third-order valence-corrected chi connectivity index (χ3v) is 5.68. The fraction of sp³-hybridized carbons (Fsp3) is 0.455. The molecule has 150 valence electrons. The zero-order valence-corrected chi connectivity index (χ0v) is 16.0. The summed E-state index contributed by atoms with van der Waals surface area (Å²) < 4.78 is 20.1. The summed E-state index contributed by atoms with van der Waals surface area (Å²) in [6, 6.07) is 14.5. The van der Waals surface area contributed by atoms with E-state index in [0.717, 1.165) is 50.2 Å². The second-order valence-corrected chi connectivity index (χ2v) is 7.78. The summed E-state index contributed by atoms with van der Waals surface area (Å²) in [7, 11) is 0. The lowest BCUT2D eigenvalue weighted by Crippen LogP contribution is -2.37. The second-order valence-electron chi connectivity index (χ2n) is 7.78. The van der Waals surface area contributed by atoms with Crippen LogP contribution in [0.3, 0.4) is 0 Å². The van der Waals surface area contributed by atoms with Gasteiger partial charge in [0.2, 0.25) is 0 Å². The summed E-state index contributed by atoms with van der Waals surface area (Å²) in [6.07, 6.45) is 2.39. The van der Waals surface area contributed by atoms with Crippen molar-refractivity contribution in [3.8, 4) is 5.75 Å². The SMILES string of the molecule is Oc1ccc(C2NNCC2CN(Cc2ccccc2F)CC2CCCO2)cc1. The minimum atomic E-state index is -0.155. The molecule has 0 amide bonds. The average molecular weight is 385 g/mol. The second kappa shape index (κ2) is 9.01. The lowest BCUT2D eigenvalue weighted by Gasteiger charge is -2.30. The molecule has 2 saturated heterocycles. The van der Waals surface area contributed by atoms with Crippen molar-refractivity contribution in [1.82, 2.24) is 15.8 Å². The molecular formula is C22H28FN3O2. The van der Waals surface area contributed by atoms with Crippen molar-refractivity contribution in [2.75, 3.05) is 26.2 Å². The highest BCUT2D eigenvalue weighted by atomic mass is 19.1. The van der Waals surface area contributed by atoms with Gasteiger partial charge in [-0.3, -0.25) is 10.3 Å². The van der Waals surface area contributed by atoms with Crippen LogP contribution in [0.4, 0.5) is 4.39 Å². The lowest BCUT2D eigenvalue weighted by atomic mass is 9.94. The number of hydrogen-bond acceptors (Lipinski definition) is 5. The van der Waals surface area contributed by atoms with Gasteiger partial charge in [-0.05, 0) is 36.6 Å². The Balaban J connectivity index is 1.48. The van der Waals surface area contributed by atoms with Crippen molar-refractivity contribution in [3.63, 3.8) is 0 Å².